The molecule has 16 nitrogen and oxygen atoms in total. The number of nitrogens with two attached hydrogens (primary N) is 2. The third kappa shape index (κ3) is 13.3. The number of amides is 2. The van der Waals surface area contributed by atoms with Crippen molar-refractivity contribution < 1.29 is 88.6 Å². The summed E-state index contributed by atoms with van der Waals surface area (Å²) in [6.07, 6.45) is 0.322. The molecule has 61 heavy (non-hydrogen) atoms. The molecule has 0 aliphatic carbocycles. The Morgan fingerprint density at radius 2 is 1.00 bits per heavy atom. The topological polar surface area (TPSA) is 288 Å². The fourth-order valence-electron chi connectivity index (χ4n) is 6.27. The van der Waals surface area contributed by atoms with Crippen LogP contribution < -0.4 is 51.7 Å². The number of benzene rings is 4. The van der Waals surface area contributed by atoms with E-state index in [1.165, 1.54) is 20.8 Å². The van der Waals surface area contributed by atoms with Crippen LogP contribution in [0.25, 0.3) is 0 Å². The number of aliphatic hydroxyl groups is 2. The first-order chi connectivity index (χ1) is 27.6. The first-order valence-electron chi connectivity index (χ1n) is 18.4. The molecular weight excluding hydrogens is 799 g/mol. The Morgan fingerprint density at radius 1 is 0.672 bits per heavy atom. The molecule has 8 atom stereocenters. The Labute approximate surface area is 376 Å². The second-order valence-corrected chi connectivity index (χ2v) is 14.5. The molecule has 2 amide bonds. The summed E-state index contributed by atoms with van der Waals surface area (Å²) in [5.74, 6) is -1.45. The molecular formula is C44H52N4NaO12-. The smallest absolute Gasteiger partial charge is 0.870 e. The summed E-state index contributed by atoms with van der Waals surface area (Å²) in [7, 11) is 0. The van der Waals surface area contributed by atoms with Gasteiger partial charge in [0.25, 0.3) is 0 Å². The molecule has 0 saturated carbocycles. The molecule has 0 radical (unpaired) electrons. The van der Waals surface area contributed by atoms with Gasteiger partial charge in [-0.3, -0.25) is 9.59 Å². The maximum Gasteiger partial charge on any atom is 1.00 e. The van der Waals surface area contributed by atoms with Crippen LogP contribution in [0.2, 0.25) is 0 Å². The largest absolute Gasteiger partial charge is 1.00 e. The van der Waals surface area contributed by atoms with E-state index >= 15 is 0 Å². The minimum Gasteiger partial charge on any atom is -0.870 e. The number of carbonyl (C=O) groups excluding carboxylic acids is 5. The van der Waals surface area contributed by atoms with Crippen LogP contribution in [0.4, 0.5) is 9.59 Å². The zero-order chi connectivity index (χ0) is 44.2. The number of hydrogen-bond donors (Lipinski definition) is 7. The van der Waals surface area contributed by atoms with E-state index < -0.39 is 64.7 Å². The van der Waals surface area contributed by atoms with Crippen molar-refractivity contribution >= 4 is 36.0 Å². The van der Waals surface area contributed by atoms with Crippen LogP contribution in [0.3, 0.4) is 0 Å². The van der Waals surface area contributed by atoms with Gasteiger partial charge in [-0.05, 0) is 63.8 Å². The number of carboxylic acids is 1. The molecule has 6 rings (SSSR count). The molecule has 2 fully saturated rings. The van der Waals surface area contributed by atoms with Crippen molar-refractivity contribution in [2.75, 3.05) is 0 Å². The Kier molecular flexibility index (Phi) is 20.3. The van der Waals surface area contributed by atoms with Crippen molar-refractivity contribution in [3.63, 3.8) is 0 Å². The third-order valence-corrected chi connectivity index (χ3v) is 10.1. The normalized spacial score (nSPS) is 22.5. The molecule has 0 aromatic heterocycles. The van der Waals surface area contributed by atoms with E-state index in [0.717, 1.165) is 5.56 Å². The van der Waals surface area contributed by atoms with E-state index in [0.29, 0.717) is 16.7 Å². The number of carbonyl (C=O) groups is 5. The second-order valence-electron chi connectivity index (χ2n) is 14.5. The maximum absolute atomic E-state index is 11.5. The molecule has 0 unspecified atom stereocenters. The number of cyclic esters (lactones) is 2. The fraction of sp³-hybridized carbons (Fsp3) is 0.318. The summed E-state index contributed by atoms with van der Waals surface area (Å²) in [6, 6.07) is 32.3. The molecule has 2 heterocycles. The van der Waals surface area contributed by atoms with Crippen LogP contribution in [0.15, 0.2) is 121 Å². The number of hydrogen-bond acceptors (Lipinski definition) is 13. The van der Waals surface area contributed by atoms with Crippen LogP contribution in [0.5, 0.6) is 0 Å². The van der Waals surface area contributed by atoms with E-state index in [-0.39, 0.29) is 46.6 Å². The molecule has 2 saturated heterocycles. The minimum atomic E-state index is -1.34. The van der Waals surface area contributed by atoms with E-state index in [9.17, 15) is 39.0 Å². The summed E-state index contributed by atoms with van der Waals surface area (Å²) in [5, 5.41) is 33.8. The van der Waals surface area contributed by atoms with Gasteiger partial charge >= 0.3 is 47.7 Å². The number of alkyl carbamates (subject to hydrolysis) is 2. The number of Topliss-reactive ketones (excluding diaryl/α,β-unsaturated/α-hetero) is 2. The Bertz CT molecular complexity index is 1980. The average molecular weight is 852 g/mol. The molecule has 10 N–H and O–H groups in total. The number of ether oxygens (including phenoxy) is 2. The van der Waals surface area contributed by atoms with Crippen LogP contribution in [-0.4, -0.2) is 81.0 Å². The van der Waals surface area contributed by atoms with Gasteiger partial charge in [-0.1, -0.05) is 127 Å². The van der Waals surface area contributed by atoms with Gasteiger partial charge < -0.3 is 57.2 Å². The standard InChI is InChI=1S/C12H13NO3.C11H11NO4.C11H15NO2.C10H12NO2.Na.H2O/c1-8(14)10-12(2,16-11(15)13-10)9-6-4-3-5-7-9;1-11(7-5-3-2-4-6-7)8(9(13)14)12-10(15)16-11;1-8(13)10(12)11(2,14)9-6-4-3-5-7-9;1-10(13,9(11)7-12)8-5-3-2-4-6-8;;/h3-7,10H,1-2H3,(H,13,15);2-6,8H,1H3,(H,12,15)(H,13,14);3-7,10,14H,12H2,1-2H3;2-6,9,13H,11H2,1H3;;1H2/q;;;-1;+1;/p-1/t10-,12-;8-,11-;10-,11-;9-,10-;;/m1111../s1. The quantitative estimate of drug-likeness (QED) is 0.0853. The zero-order valence-electron chi connectivity index (χ0n) is 35.1. The number of nitrogens with one attached hydrogen (secondary N) is 2. The molecule has 4 aromatic carbocycles. The van der Waals surface area contributed by atoms with Crippen molar-refractivity contribution in [3.8, 4) is 0 Å². The average Bonchev–Trinajstić information content (AvgIpc) is 3.73. The molecule has 2 aliphatic rings. The van der Waals surface area contributed by atoms with E-state index in [2.05, 4.69) is 10.6 Å². The second kappa shape index (κ2) is 23.1. The van der Waals surface area contributed by atoms with Gasteiger partial charge in [0.15, 0.2) is 23.0 Å². The van der Waals surface area contributed by atoms with E-state index in [4.69, 9.17) is 26.0 Å². The molecule has 0 bridgehead atoms. The van der Waals surface area contributed by atoms with Crippen LogP contribution >= 0.6 is 0 Å². The Morgan fingerprint density at radius 3 is 1.33 bits per heavy atom. The first-order valence-corrected chi connectivity index (χ1v) is 18.4. The van der Waals surface area contributed by atoms with Crippen LogP contribution in [-0.2, 0) is 51.1 Å². The monoisotopic (exact) mass is 851 g/mol. The summed E-state index contributed by atoms with van der Waals surface area (Å²) in [4.78, 5) is 66.3. The number of ketones is 2. The SMILES string of the molecule is CC(=O)[C@@H](N)[C@](C)(O)c1ccccc1.CC(=O)[C@H]1NC(=O)O[C@]1(C)c1ccccc1.C[C@@](O)(c1ccccc1)[C@H](N)[C-]=O.C[C@]1(c2ccccc2)OC(=O)N[C@@H]1C(=O)O.[Na+].[OH-]. The number of aliphatic carboxylic acids is 1. The molecule has 4 aromatic rings. The van der Waals surface area contributed by atoms with Crippen LogP contribution in [0.1, 0.15) is 63.8 Å². The van der Waals surface area contributed by atoms with E-state index in [1.807, 2.05) is 48.5 Å². The zero-order valence-corrected chi connectivity index (χ0v) is 37.1. The van der Waals surface area contributed by atoms with Gasteiger partial charge in [0, 0.05) is 0 Å². The van der Waals surface area contributed by atoms with Gasteiger partial charge in [0.2, 0.25) is 0 Å². The molecule has 17 heteroatoms. The summed E-state index contributed by atoms with van der Waals surface area (Å²) in [6.45, 7) is 9.19. The fourth-order valence-corrected chi connectivity index (χ4v) is 6.27. The van der Waals surface area contributed by atoms with Crippen molar-refractivity contribution in [3.05, 3.63) is 144 Å². The minimum absolute atomic E-state index is 0. The molecule has 322 valence electrons. The molecule has 0 spiro atoms. The van der Waals surface area contributed by atoms with Gasteiger partial charge in [0.05, 0.1) is 11.6 Å². The van der Waals surface area contributed by atoms with Crippen molar-refractivity contribution in [2.45, 2.75) is 88.1 Å². The van der Waals surface area contributed by atoms with Crippen LogP contribution in [0, 0.1) is 0 Å². The number of rotatable bonds is 10. The van der Waals surface area contributed by atoms with Crippen molar-refractivity contribution in [2.24, 2.45) is 11.5 Å². The summed E-state index contributed by atoms with van der Waals surface area (Å²) >= 11 is 0. The first kappa shape index (κ1) is 53.7. The van der Waals surface area contributed by atoms with Gasteiger partial charge in [-0.2, -0.15) is 0 Å². The third-order valence-electron chi connectivity index (χ3n) is 10.1. The van der Waals surface area contributed by atoms with Crippen molar-refractivity contribution in [1.29, 1.82) is 0 Å². The predicted molar refractivity (Wildman–Crippen MR) is 219 cm³/mol. The van der Waals surface area contributed by atoms with Gasteiger partial charge in [-0.25, -0.2) is 20.7 Å². The van der Waals surface area contributed by atoms with E-state index in [1.54, 1.807) is 99.9 Å². The Hall–Kier alpha value is -5.30. The maximum atomic E-state index is 11.5. The number of carboxylic acid groups (broad SMARTS) is 1. The van der Waals surface area contributed by atoms with Gasteiger partial charge in [-0.15, -0.1) is 0 Å². The molecule has 2 aliphatic heterocycles. The Balaban J connectivity index is 0.000000404. The van der Waals surface area contributed by atoms with Crippen molar-refractivity contribution in [1.82, 2.24) is 10.6 Å². The predicted octanol–water partition coefficient (Wildman–Crippen LogP) is 0.663. The summed E-state index contributed by atoms with van der Waals surface area (Å²) < 4.78 is 10.3. The summed E-state index contributed by atoms with van der Waals surface area (Å²) in [5.41, 5.74) is 9.06. The van der Waals surface area contributed by atoms with Gasteiger partial charge in [0.1, 0.15) is 17.4 Å².